The standard InChI is InChI=1S/C26H31N3O5/c1-18-5-10-21-22(16-18)26(32)29(25(21)31)11-3-4-24(30)27-17-23(28-12-14-34-15-13-28)19-6-8-20(33-2)9-7-19/h5-10,16,23H,3-4,11-15,17H2,1-2H3,(H,27,30). The number of hydrogen-bond donors (Lipinski definition) is 1. The molecule has 8 heteroatoms. The fourth-order valence-electron chi connectivity index (χ4n) is 4.48. The monoisotopic (exact) mass is 465 g/mol. The fraction of sp³-hybridized carbons (Fsp3) is 0.423. The van der Waals surface area contributed by atoms with Crippen LogP contribution in [0, 0.1) is 6.92 Å². The van der Waals surface area contributed by atoms with Gasteiger partial charge in [-0.25, -0.2) is 0 Å². The summed E-state index contributed by atoms with van der Waals surface area (Å²) < 4.78 is 10.8. The van der Waals surface area contributed by atoms with Gasteiger partial charge >= 0.3 is 0 Å². The van der Waals surface area contributed by atoms with Crippen molar-refractivity contribution in [1.82, 2.24) is 15.1 Å². The highest BCUT2D eigenvalue weighted by atomic mass is 16.5. The van der Waals surface area contributed by atoms with Crippen molar-refractivity contribution in [3.05, 3.63) is 64.7 Å². The first-order valence-electron chi connectivity index (χ1n) is 11.7. The van der Waals surface area contributed by atoms with Crippen molar-refractivity contribution < 1.29 is 23.9 Å². The lowest BCUT2D eigenvalue weighted by Gasteiger charge is -2.35. The summed E-state index contributed by atoms with van der Waals surface area (Å²) in [6, 6.07) is 13.2. The Labute approximate surface area is 199 Å². The first-order valence-corrected chi connectivity index (χ1v) is 11.7. The summed E-state index contributed by atoms with van der Waals surface area (Å²) in [5.41, 5.74) is 2.92. The lowest BCUT2D eigenvalue weighted by molar-refractivity contribution is -0.121. The van der Waals surface area contributed by atoms with Gasteiger partial charge in [0.05, 0.1) is 37.5 Å². The van der Waals surface area contributed by atoms with Crippen molar-refractivity contribution in [2.45, 2.75) is 25.8 Å². The Morgan fingerprint density at radius 1 is 1.06 bits per heavy atom. The molecule has 2 aliphatic heterocycles. The molecule has 2 aromatic carbocycles. The third-order valence-electron chi connectivity index (χ3n) is 6.39. The molecule has 0 spiro atoms. The lowest BCUT2D eigenvalue weighted by Crippen LogP contribution is -2.43. The highest BCUT2D eigenvalue weighted by Gasteiger charge is 2.35. The topological polar surface area (TPSA) is 88.2 Å². The van der Waals surface area contributed by atoms with E-state index in [4.69, 9.17) is 9.47 Å². The van der Waals surface area contributed by atoms with Crippen LogP contribution in [0.25, 0.3) is 0 Å². The minimum atomic E-state index is -0.285. The maximum Gasteiger partial charge on any atom is 0.261 e. The molecule has 2 aromatic rings. The van der Waals surface area contributed by atoms with Crippen LogP contribution < -0.4 is 10.1 Å². The molecule has 2 aliphatic rings. The van der Waals surface area contributed by atoms with E-state index in [1.807, 2.05) is 37.3 Å². The van der Waals surface area contributed by atoms with Gasteiger partial charge in [-0.2, -0.15) is 0 Å². The second kappa shape index (κ2) is 10.8. The molecule has 8 nitrogen and oxygen atoms in total. The number of methoxy groups -OCH3 is 1. The van der Waals surface area contributed by atoms with E-state index < -0.39 is 0 Å². The van der Waals surface area contributed by atoms with Crippen molar-refractivity contribution in [2.24, 2.45) is 0 Å². The molecule has 0 radical (unpaired) electrons. The number of nitrogens with one attached hydrogen (secondary N) is 1. The molecule has 0 saturated carbocycles. The predicted octanol–water partition coefficient (Wildman–Crippen LogP) is 2.57. The van der Waals surface area contributed by atoms with Gasteiger partial charge in [-0.15, -0.1) is 0 Å². The molecule has 34 heavy (non-hydrogen) atoms. The molecule has 1 unspecified atom stereocenters. The number of imide groups is 1. The van der Waals surface area contributed by atoms with Crippen LogP contribution in [0.4, 0.5) is 0 Å². The van der Waals surface area contributed by atoms with Crippen LogP contribution >= 0.6 is 0 Å². The van der Waals surface area contributed by atoms with E-state index in [9.17, 15) is 14.4 Å². The minimum Gasteiger partial charge on any atom is -0.497 e. The smallest absolute Gasteiger partial charge is 0.261 e. The van der Waals surface area contributed by atoms with Crippen molar-refractivity contribution >= 4 is 17.7 Å². The maximum absolute atomic E-state index is 12.6. The molecule has 2 heterocycles. The number of aryl methyl sites for hydroxylation is 1. The van der Waals surface area contributed by atoms with Crippen molar-refractivity contribution in [2.75, 3.05) is 46.5 Å². The van der Waals surface area contributed by atoms with Crippen LogP contribution in [0.15, 0.2) is 42.5 Å². The number of amides is 3. The molecular weight excluding hydrogens is 434 g/mol. The molecule has 1 fully saturated rings. The number of rotatable bonds is 9. The van der Waals surface area contributed by atoms with Gasteiger partial charge in [0.15, 0.2) is 0 Å². The third kappa shape index (κ3) is 5.29. The first kappa shape index (κ1) is 23.9. The van der Waals surface area contributed by atoms with Crippen LogP contribution in [0.5, 0.6) is 5.75 Å². The number of hydrogen-bond acceptors (Lipinski definition) is 6. The van der Waals surface area contributed by atoms with Gasteiger partial charge in [-0.1, -0.05) is 23.8 Å². The molecule has 4 rings (SSSR count). The van der Waals surface area contributed by atoms with Crippen LogP contribution in [0.1, 0.15) is 50.7 Å². The van der Waals surface area contributed by atoms with E-state index >= 15 is 0 Å². The molecule has 3 amide bonds. The normalized spacial score (nSPS) is 16.9. The summed E-state index contributed by atoms with van der Waals surface area (Å²) >= 11 is 0. The SMILES string of the molecule is COc1ccc(C(CNC(=O)CCCN2C(=O)c3ccc(C)cc3C2=O)N2CCOCC2)cc1. The summed E-state index contributed by atoms with van der Waals surface area (Å²) in [5.74, 6) is 0.124. The summed E-state index contributed by atoms with van der Waals surface area (Å²) in [6.07, 6.45) is 0.659. The number of fused-ring (bicyclic) bond motifs is 1. The number of carbonyl (C=O) groups excluding carboxylic acids is 3. The number of nitrogens with zero attached hydrogens (tertiary/aromatic N) is 2. The maximum atomic E-state index is 12.6. The van der Waals surface area contributed by atoms with E-state index in [1.165, 1.54) is 4.90 Å². The Bertz CT molecular complexity index is 1050. The summed E-state index contributed by atoms with van der Waals surface area (Å²) in [5, 5.41) is 3.04. The van der Waals surface area contributed by atoms with Gasteiger partial charge in [0.25, 0.3) is 11.8 Å². The lowest BCUT2D eigenvalue weighted by atomic mass is 10.0. The molecule has 0 aliphatic carbocycles. The van der Waals surface area contributed by atoms with E-state index in [-0.39, 0.29) is 36.7 Å². The second-order valence-electron chi connectivity index (χ2n) is 8.66. The Morgan fingerprint density at radius 3 is 2.47 bits per heavy atom. The number of carbonyl (C=O) groups is 3. The van der Waals surface area contributed by atoms with E-state index in [0.717, 1.165) is 30.0 Å². The summed E-state index contributed by atoms with van der Waals surface area (Å²) in [7, 11) is 1.64. The largest absolute Gasteiger partial charge is 0.497 e. The molecule has 0 aromatic heterocycles. The van der Waals surface area contributed by atoms with Gasteiger partial charge < -0.3 is 14.8 Å². The fourth-order valence-corrected chi connectivity index (χ4v) is 4.48. The van der Waals surface area contributed by atoms with E-state index in [2.05, 4.69) is 10.2 Å². The highest BCUT2D eigenvalue weighted by Crippen LogP contribution is 2.25. The quantitative estimate of drug-likeness (QED) is 0.573. The second-order valence-corrected chi connectivity index (χ2v) is 8.66. The van der Waals surface area contributed by atoms with E-state index in [1.54, 1.807) is 19.2 Å². The first-order chi connectivity index (χ1) is 16.5. The molecule has 1 N–H and O–H groups in total. The van der Waals surface area contributed by atoms with Gasteiger partial charge in [-0.3, -0.25) is 24.2 Å². The van der Waals surface area contributed by atoms with Crippen LogP contribution in [0.3, 0.4) is 0 Å². The Morgan fingerprint density at radius 2 is 1.76 bits per heavy atom. The Kier molecular flexibility index (Phi) is 7.59. The highest BCUT2D eigenvalue weighted by molar-refractivity contribution is 6.21. The van der Waals surface area contributed by atoms with Crippen molar-refractivity contribution in [3.63, 3.8) is 0 Å². The van der Waals surface area contributed by atoms with E-state index in [0.29, 0.717) is 37.3 Å². The van der Waals surface area contributed by atoms with Gasteiger partial charge in [0.2, 0.25) is 5.91 Å². The van der Waals surface area contributed by atoms with Gasteiger partial charge in [0.1, 0.15) is 5.75 Å². The van der Waals surface area contributed by atoms with Crippen LogP contribution in [-0.2, 0) is 9.53 Å². The number of benzene rings is 2. The molecular formula is C26H31N3O5. The predicted molar refractivity (Wildman–Crippen MR) is 127 cm³/mol. The average molecular weight is 466 g/mol. The Hall–Kier alpha value is -3.23. The zero-order valence-electron chi connectivity index (χ0n) is 19.7. The van der Waals surface area contributed by atoms with Gasteiger partial charge in [0, 0.05) is 32.6 Å². The third-order valence-corrected chi connectivity index (χ3v) is 6.39. The number of ether oxygens (including phenoxy) is 2. The van der Waals surface area contributed by atoms with Gasteiger partial charge in [-0.05, 0) is 43.2 Å². The minimum absolute atomic E-state index is 0.0261. The molecule has 0 bridgehead atoms. The number of morpholine rings is 1. The molecule has 180 valence electrons. The van der Waals surface area contributed by atoms with Crippen molar-refractivity contribution in [3.8, 4) is 5.75 Å². The molecule has 1 saturated heterocycles. The zero-order chi connectivity index (χ0) is 24.1. The molecule has 1 atom stereocenters. The Balaban J connectivity index is 1.31. The van der Waals surface area contributed by atoms with Crippen LogP contribution in [0.2, 0.25) is 0 Å². The van der Waals surface area contributed by atoms with Crippen LogP contribution in [-0.4, -0.2) is 74.0 Å². The summed E-state index contributed by atoms with van der Waals surface area (Å²) in [4.78, 5) is 41.3. The average Bonchev–Trinajstić information content (AvgIpc) is 3.09. The van der Waals surface area contributed by atoms with Crippen molar-refractivity contribution in [1.29, 1.82) is 0 Å². The zero-order valence-corrected chi connectivity index (χ0v) is 19.7. The summed E-state index contributed by atoms with van der Waals surface area (Å²) in [6.45, 7) is 5.52.